The van der Waals surface area contributed by atoms with Crippen molar-refractivity contribution in [2.75, 3.05) is 6.61 Å². The van der Waals surface area contributed by atoms with E-state index in [2.05, 4.69) is 15.9 Å². The minimum Gasteiger partial charge on any atom is -0.464 e. The van der Waals surface area contributed by atoms with Crippen LogP contribution in [-0.2, 0) is 9.53 Å². The Bertz CT molecular complexity index is 387. The van der Waals surface area contributed by atoms with Crippen molar-refractivity contribution in [3.05, 3.63) is 35.9 Å². The summed E-state index contributed by atoms with van der Waals surface area (Å²) in [5, 5.41) is 0. The van der Waals surface area contributed by atoms with Crippen molar-refractivity contribution < 1.29 is 14.3 Å². The van der Waals surface area contributed by atoms with E-state index in [9.17, 15) is 9.59 Å². The molecule has 3 nitrogen and oxygen atoms in total. The molecule has 0 aliphatic heterocycles. The number of rotatable bonds is 5. The van der Waals surface area contributed by atoms with Gasteiger partial charge in [0.2, 0.25) is 0 Å². The number of ether oxygens (including phenoxy) is 1. The Morgan fingerprint density at radius 2 is 1.82 bits per heavy atom. The van der Waals surface area contributed by atoms with Gasteiger partial charge in [0.05, 0.1) is 6.61 Å². The maximum absolute atomic E-state index is 11.9. The number of carbonyl (C=O) groups is 2. The highest BCUT2D eigenvalue weighted by molar-refractivity contribution is 9.10. The van der Waals surface area contributed by atoms with Gasteiger partial charge in [-0.3, -0.25) is 9.59 Å². The van der Waals surface area contributed by atoms with Crippen LogP contribution in [0.1, 0.15) is 24.2 Å². The summed E-state index contributed by atoms with van der Waals surface area (Å²) in [7, 11) is 0. The number of esters is 1. The van der Waals surface area contributed by atoms with Crippen molar-refractivity contribution in [1.82, 2.24) is 0 Å². The maximum atomic E-state index is 11.9. The number of ketones is 1. The molecule has 92 valence electrons. The van der Waals surface area contributed by atoms with Crippen LogP contribution in [0.2, 0.25) is 0 Å². The third kappa shape index (κ3) is 4.30. The molecule has 1 unspecified atom stereocenters. The lowest BCUT2D eigenvalue weighted by Gasteiger charge is -2.10. The Balaban J connectivity index is 2.61. The maximum Gasteiger partial charge on any atom is 0.327 e. The molecule has 0 spiro atoms. The van der Waals surface area contributed by atoms with Gasteiger partial charge in [-0.25, -0.2) is 0 Å². The molecule has 0 N–H and O–H groups in total. The van der Waals surface area contributed by atoms with Gasteiger partial charge in [-0.05, 0) is 5.92 Å². The zero-order valence-corrected chi connectivity index (χ0v) is 11.4. The van der Waals surface area contributed by atoms with Gasteiger partial charge < -0.3 is 4.74 Å². The van der Waals surface area contributed by atoms with E-state index >= 15 is 0 Å². The van der Waals surface area contributed by atoms with E-state index in [0.717, 1.165) is 0 Å². The second-order valence-electron chi connectivity index (χ2n) is 4.12. The summed E-state index contributed by atoms with van der Waals surface area (Å²) in [6.07, 6.45) is 0. The Kier molecular flexibility index (Phi) is 5.35. The van der Waals surface area contributed by atoms with Crippen molar-refractivity contribution in [2.45, 2.75) is 18.7 Å². The molecule has 1 aromatic carbocycles. The van der Waals surface area contributed by atoms with Gasteiger partial charge in [0.1, 0.15) is 0 Å². The Morgan fingerprint density at radius 1 is 1.24 bits per heavy atom. The molecule has 0 bridgehead atoms. The molecular weight excluding hydrogens is 284 g/mol. The van der Waals surface area contributed by atoms with Crippen molar-refractivity contribution in [1.29, 1.82) is 0 Å². The second-order valence-corrected chi connectivity index (χ2v) is 5.03. The summed E-state index contributed by atoms with van der Waals surface area (Å²) in [6, 6.07) is 8.68. The third-order valence-corrected chi connectivity index (χ3v) is 2.84. The van der Waals surface area contributed by atoms with E-state index in [-0.39, 0.29) is 11.7 Å². The van der Waals surface area contributed by atoms with Crippen molar-refractivity contribution in [3.63, 3.8) is 0 Å². The molecule has 4 heteroatoms. The minimum absolute atomic E-state index is 0.255. The Morgan fingerprint density at radius 3 is 2.35 bits per heavy atom. The van der Waals surface area contributed by atoms with Crippen molar-refractivity contribution in [3.8, 4) is 0 Å². The van der Waals surface area contributed by atoms with E-state index in [1.54, 1.807) is 24.3 Å². The van der Waals surface area contributed by atoms with E-state index in [1.165, 1.54) is 0 Å². The summed E-state index contributed by atoms with van der Waals surface area (Å²) in [6.45, 7) is 4.20. The summed E-state index contributed by atoms with van der Waals surface area (Å²) < 4.78 is 5.00. The average Bonchev–Trinajstić information content (AvgIpc) is 2.35. The lowest BCUT2D eigenvalue weighted by atomic mass is 10.1. The summed E-state index contributed by atoms with van der Waals surface area (Å²) in [4.78, 5) is 22.5. The predicted molar refractivity (Wildman–Crippen MR) is 69.3 cm³/mol. The Labute approximate surface area is 109 Å². The number of hydrogen-bond acceptors (Lipinski definition) is 3. The van der Waals surface area contributed by atoms with E-state index in [4.69, 9.17) is 4.74 Å². The van der Waals surface area contributed by atoms with Crippen LogP contribution in [-0.4, -0.2) is 23.2 Å². The highest BCUT2D eigenvalue weighted by Crippen LogP contribution is 2.12. The molecule has 0 fully saturated rings. The van der Waals surface area contributed by atoms with Crippen LogP contribution in [0.5, 0.6) is 0 Å². The average molecular weight is 299 g/mol. The highest BCUT2D eigenvalue weighted by Gasteiger charge is 2.26. The quantitative estimate of drug-likeness (QED) is 0.363. The van der Waals surface area contributed by atoms with Gasteiger partial charge >= 0.3 is 5.97 Å². The lowest BCUT2D eigenvalue weighted by Crippen LogP contribution is -2.27. The van der Waals surface area contributed by atoms with Crippen LogP contribution in [0.4, 0.5) is 0 Å². The standard InChI is InChI=1S/C13H15BrO3/c1-9(2)8-17-13(16)11(14)12(15)10-6-4-3-5-7-10/h3-7,9,11H,8H2,1-2H3. The van der Waals surface area contributed by atoms with Crippen LogP contribution < -0.4 is 0 Å². The van der Waals surface area contributed by atoms with Crippen LogP contribution in [0.25, 0.3) is 0 Å². The number of Topliss-reactive ketones (excluding diaryl/α,β-unsaturated/α-hetero) is 1. The zero-order valence-electron chi connectivity index (χ0n) is 9.85. The molecular formula is C13H15BrO3. The first-order valence-corrected chi connectivity index (χ1v) is 6.34. The van der Waals surface area contributed by atoms with Gasteiger partial charge in [0.15, 0.2) is 10.6 Å². The molecule has 1 aromatic rings. The number of carbonyl (C=O) groups excluding carboxylic acids is 2. The molecule has 0 aliphatic rings. The summed E-state index contributed by atoms with van der Waals surface area (Å²) in [5.74, 6) is -0.558. The fourth-order valence-corrected chi connectivity index (χ4v) is 1.57. The lowest BCUT2D eigenvalue weighted by molar-refractivity contribution is -0.142. The SMILES string of the molecule is CC(C)COC(=O)C(Br)C(=O)c1ccccc1. The zero-order chi connectivity index (χ0) is 12.8. The van der Waals surface area contributed by atoms with Crippen LogP contribution in [0, 0.1) is 5.92 Å². The molecule has 17 heavy (non-hydrogen) atoms. The highest BCUT2D eigenvalue weighted by atomic mass is 79.9. The molecule has 0 aliphatic carbocycles. The van der Waals surface area contributed by atoms with Crippen LogP contribution in [0.15, 0.2) is 30.3 Å². The van der Waals surface area contributed by atoms with E-state index in [1.807, 2.05) is 19.9 Å². The van der Waals surface area contributed by atoms with Gasteiger partial charge in [-0.2, -0.15) is 0 Å². The van der Waals surface area contributed by atoms with Gasteiger partial charge in [0, 0.05) is 5.56 Å². The monoisotopic (exact) mass is 298 g/mol. The van der Waals surface area contributed by atoms with E-state index < -0.39 is 10.8 Å². The third-order valence-electron chi connectivity index (χ3n) is 2.05. The van der Waals surface area contributed by atoms with Gasteiger partial charge in [-0.1, -0.05) is 60.1 Å². The minimum atomic E-state index is -0.927. The van der Waals surface area contributed by atoms with Crippen LogP contribution >= 0.6 is 15.9 Å². The number of alkyl halides is 1. The number of hydrogen-bond donors (Lipinski definition) is 0. The molecule has 0 heterocycles. The number of benzene rings is 1. The molecule has 0 saturated heterocycles. The van der Waals surface area contributed by atoms with Gasteiger partial charge in [-0.15, -0.1) is 0 Å². The molecule has 0 radical (unpaired) electrons. The first-order valence-electron chi connectivity index (χ1n) is 5.42. The summed E-state index contributed by atoms with van der Waals surface area (Å²) >= 11 is 3.07. The fourth-order valence-electron chi connectivity index (χ4n) is 1.18. The molecule has 1 rings (SSSR count). The second kappa shape index (κ2) is 6.55. The normalized spacial score (nSPS) is 12.2. The summed E-state index contributed by atoms with van der Waals surface area (Å²) in [5.41, 5.74) is 0.496. The van der Waals surface area contributed by atoms with E-state index in [0.29, 0.717) is 12.2 Å². The molecule has 0 saturated carbocycles. The topological polar surface area (TPSA) is 43.4 Å². The Hall–Kier alpha value is -1.16. The smallest absolute Gasteiger partial charge is 0.327 e. The largest absolute Gasteiger partial charge is 0.464 e. The van der Waals surface area contributed by atoms with Crippen molar-refractivity contribution >= 4 is 27.7 Å². The van der Waals surface area contributed by atoms with Crippen LogP contribution in [0.3, 0.4) is 0 Å². The molecule has 0 amide bonds. The van der Waals surface area contributed by atoms with Gasteiger partial charge in [0.25, 0.3) is 0 Å². The molecule has 0 aromatic heterocycles. The van der Waals surface area contributed by atoms with Crippen molar-refractivity contribution in [2.24, 2.45) is 5.92 Å². The first kappa shape index (κ1) is 13.9. The first-order chi connectivity index (χ1) is 8.02. The predicted octanol–water partition coefficient (Wildman–Crippen LogP) is 2.83. The fraction of sp³-hybridized carbons (Fsp3) is 0.385. The molecule has 1 atom stereocenters. The number of halogens is 1.